The van der Waals surface area contributed by atoms with Crippen LogP contribution < -0.4 is 10.0 Å². The molecule has 0 aliphatic rings. The fourth-order valence-electron chi connectivity index (χ4n) is 2.71. The number of nitrogens with one attached hydrogen (secondary N) is 2. The Kier molecular flexibility index (Phi) is 5.89. The van der Waals surface area contributed by atoms with E-state index >= 15 is 0 Å². The van der Waals surface area contributed by atoms with Crippen LogP contribution in [0.25, 0.3) is 0 Å². The van der Waals surface area contributed by atoms with Crippen molar-refractivity contribution < 1.29 is 13.2 Å². The Balaban J connectivity index is 1.78. The molecule has 2 aromatic carbocycles. The minimum absolute atomic E-state index is 0.00372. The Labute approximate surface area is 176 Å². The number of carbonyl (C=O) groups excluding carboxylic acids is 1. The summed E-state index contributed by atoms with van der Waals surface area (Å²) in [6.45, 7) is 7.87. The molecule has 1 heterocycles. The summed E-state index contributed by atoms with van der Waals surface area (Å²) in [5.74, 6) is 0.213. The van der Waals surface area contributed by atoms with Crippen molar-refractivity contribution >= 4 is 27.3 Å². The van der Waals surface area contributed by atoms with E-state index in [1.807, 2.05) is 33.8 Å². The lowest BCUT2D eigenvalue weighted by molar-refractivity contribution is 0.102. The number of amides is 1. The molecule has 0 unspecified atom stereocenters. The number of benzene rings is 2. The van der Waals surface area contributed by atoms with Gasteiger partial charge in [0.05, 0.1) is 23.0 Å². The van der Waals surface area contributed by atoms with Crippen LogP contribution in [0.5, 0.6) is 0 Å². The lowest BCUT2D eigenvalue weighted by atomic mass is 9.96. The highest BCUT2D eigenvalue weighted by Crippen LogP contribution is 2.20. The molecule has 0 bridgehead atoms. The second kappa shape index (κ2) is 8.23. The molecule has 0 spiro atoms. The van der Waals surface area contributed by atoms with Crippen LogP contribution in [0, 0.1) is 6.92 Å². The number of nitrogens with zero attached hydrogens (tertiary/aromatic N) is 2. The van der Waals surface area contributed by atoms with Gasteiger partial charge < -0.3 is 5.32 Å². The molecule has 30 heavy (non-hydrogen) atoms. The summed E-state index contributed by atoms with van der Waals surface area (Å²) in [7, 11) is -3.84. The van der Waals surface area contributed by atoms with Crippen LogP contribution in [0.2, 0.25) is 0 Å². The molecule has 2 N–H and O–H groups in total. The number of aromatic nitrogens is 2. The Morgan fingerprint density at radius 1 is 0.933 bits per heavy atom. The SMILES string of the molecule is Cc1cccc(NS(=O)(=O)c2cccc(C(=O)Nc3cnc(C(C)(C)C)nc3)c2)c1. The zero-order chi connectivity index (χ0) is 21.9. The third-order valence-electron chi connectivity index (χ3n) is 4.26. The molecule has 0 saturated heterocycles. The average molecular weight is 425 g/mol. The van der Waals surface area contributed by atoms with Gasteiger partial charge in [-0.1, -0.05) is 39.0 Å². The standard InChI is InChI=1S/C22H24N4O3S/c1-15-7-5-9-17(11-15)26-30(28,29)19-10-6-8-16(12-19)20(27)25-18-13-23-21(24-14-18)22(2,3)4/h5-14,26H,1-4H3,(H,25,27). The molecule has 1 amide bonds. The van der Waals surface area contributed by atoms with Crippen LogP contribution in [-0.2, 0) is 15.4 Å². The molecule has 156 valence electrons. The van der Waals surface area contributed by atoms with Gasteiger partial charge in [0, 0.05) is 16.7 Å². The van der Waals surface area contributed by atoms with Gasteiger partial charge >= 0.3 is 0 Å². The number of hydrogen-bond acceptors (Lipinski definition) is 5. The van der Waals surface area contributed by atoms with Gasteiger partial charge in [0.15, 0.2) is 0 Å². The Hall–Kier alpha value is -3.26. The highest BCUT2D eigenvalue weighted by molar-refractivity contribution is 7.92. The summed E-state index contributed by atoms with van der Waals surface area (Å²) >= 11 is 0. The van der Waals surface area contributed by atoms with E-state index in [0.29, 0.717) is 17.2 Å². The van der Waals surface area contributed by atoms with Crippen LogP contribution in [0.15, 0.2) is 65.8 Å². The molecule has 1 aromatic heterocycles. The van der Waals surface area contributed by atoms with Gasteiger partial charge in [-0.15, -0.1) is 0 Å². The molecule has 3 rings (SSSR count). The molecule has 0 atom stereocenters. The summed E-state index contributed by atoms with van der Waals surface area (Å²) in [6, 6.07) is 12.9. The van der Waals surface area contributed by atoms with E-state index in [2.05, 4.69) is 20.0 Å². The maximum absolute atomic E-state index is 12.7. The normalized spacial score (nSPS) is 11.7. The molecule has 0 radical (unpaired) electrons. The fraction of sp³-hybridized carbons (Fsp3) is 0.227. The van der Waals surface area contributed by atoms with Crippen molar-refractivity contribution in [3.05, 3.63) is 77.9 Å². The molecule has 3 aromatic rings. The van der Waals surface area contributed by atoms with Gasteiger partial charge in [-0.2, -0.15) is 0 Å². The Morgan fingerprint density at radius 3 is 2.23 bits per heavy atom. The second-order valence-corrected chi connectivity index (χ2v) is 9.68. The quantitative estimate of drug-likeness (QED) is 0.641. The molecule has 0 saturated carbocycles. The number of sulfonamides is 1. The predicted octanol–water partition coefficient (Wildman–Crippen LogP) is 4.14. The molecule has 0 aliphatic heterocycles. The molecular weight excluding hydrogens is 400 g/mol. The van der Waals surface area contributed by atoms with Crippen molar-refractivity contribution in [2.24, 2.45) is 0 Å². The molecule has 7 nitrogen and oxygen atoms in total. The van der Waals surface area contributed by atoms with Crippen molar-refractivity contribution in [2.45, 2.75) is 38.0 Å². The average Bonchev–Trinajstić information content (AvgIpc) is 2.67. The monoisotopic (exact) mass is 424 g/mol. The first-order valence-corrected chi connectivity index (χ1v) is 10.9. The lowest BCUT2D eigenvalue weighted by Crippen LogP contribution is -2.18. The van der Waals surface area contributed by atoms with Crippen molar-refractivity contribution in [3.63, 3.8) is 0 Å². The molecular formula is C22H24N4O3S. The van der Waals surface area contributed by atoms with Crippen molar-refractivity contribution in [3.8, 4) is 0 Å². The minimum Gasteiger partial charge on any atom is -0.319 e. The van der Waals surface area contributed by atoms with Gasteiger partial charge in [0.25, 0.3) is 15.9 Å². The predicted molar refractivity (Wildman–Crippen MR) is 117 cm³/mol. The largest absolute Gasteiger partial charge is 0.319 e. The van der Waals surface area contributed by atoms with E-state index in [9.17, 15) is 13.2 Å². The van der Waals surface area contributed by atoms with E-state index in [1.165, 1.54) is 30.6 Å². The van der Waals surface area contributed by atoms with E-state index in [1.54, 1.807) is 24.3 Å². The van der Waals surface area contributed by atoms with E-state index in [0.717, 1.165) is 5.56 Å². The highest BCUT2D eigenvalue weighted by atomic mass is 32.2. The Morgan fingerprint density at radius 2 is 1.60 bits per heavy atom. The van der Waals surface area contributed by atoms with Crippen LogP contribution in [0.1, 0.15) is 42.5 Å². The van der Waals surface area contributed by atoms with E-state index in [4.69, 9.17) is 0 Å². The van der Waals surface area contributed by atoms with Crippen LogP contribution in [-0.4, -0.2) is 24.3 Å². The van der Waals surface area contributed by atoms with Gasteiger partial charge in [0.1, 0.15) is 5.82 Å². The molecule has 8 heteroatoms. The summed E-state index contributed by atoms with van der Waals surface area (Å²) < 4.78 is 28.0. The first-order chi connectivity index (χ1) is 14.0. The van der Waals surface area contributed by atoms with E-state index < -0.39 is 15.9 Å². The topological polar surface area (TPSA) is 101 Å². The maximum Gasteiger partial charge on any atom is 0.261 e. The lowest BCUT2D eigenvalue weighted by Gasteiger charge is -2.16. The van der Waals surface area contributed by atoms with Crippen molar-refractivity contribution in [2.75, 3.05) is 10.0 Å². The van der Waals surface area contributed by atoms with Gasteiger partial charge in [-0.3, -0.25) is 9.52 Å². The fourth-order valence-corrected chi connectivity index (χ4v) is 3.81. The number of anilines is 2. The van der Waals surface area contributed by atoms with E-state index in [-0.39, 0.29) is 15.9 Å². The summed E-state index contributed by atoms with van der Waals surface area (Å²) in [6.07, 6.45) is 3.07. The second-order valence-electron chi connectivity index (χ2n) is 8.00. The van der Waals surface area contributed by atoms with Crippen LogP contribution >= 0.6 is 0 Å². The van der Waals surface area contributed by atoms with Crippen LogP contribution in [0.4, 0.5) is 11.4 Å². The van der Waals surface area contributed by atoms with Crippen molar-refractivity contribution in [1.29, 1.82) is 0 Å². The zero-order valence-electron chi connectivity index (χ0n) is 17.3. The number of aryl methyl sites for hydroxylation is 1. The maximum atomic E-state index is 12.7. The summed E-state index contributed by atoms with van der Waals surface area (Å²) in [5.41, 5.74) is 1.83. The van der Waals surface area contributed by atoms with Gasteiger partial charge in [-0.25, -0.2) is 18.4 Å². The van der Waals surface area contributed by atoms with Crippen molar-refractivity contribution in [1.82, 2.24) is 9.97 Å². The number of rotatable bonds is 5. The van der Waals surface area contributed by atoms with Gasteiger partial charge in [-0.05, 0) is 42.8 Å². The van der Waals surface area contributed by atoms with Crippen LogP contribution in [0.3, 0.4) is 0 Å². The third kappa shape index (κ3) is 5.21. The smallest absolute Gasteiger partial charge is 0.261 e. The highest BCUT2D eigenvalue weighted by Gasteiger charge is 2.18. The Bertz CT molecular complexity index is 1170. The third-order valence-corrected chi connectivity index (χ3v) is 5.64. The first-order valence-electron chi connectivity index (χ1n) is 9.38. The molecule has 0 aliphatic carbocycles. The van der Waals surface area contributed by atoms with Gasteiger partial charge in [0.2, 0.25) is 0 Å². The summed E-state index contributed by atoms with van der Waals surface area (Å²) in [5, 5.41) is 2.69. The summed E-state index contributed by atoms with van der Waals surface area (Å²) in [4.78, 5) is 21.1. The molecule has 0 fully saturated rings. The number of carbonyl (C=O) groups is 1. The minimum atomic E-state index is -3.84. The first kappa shape index (κ1) is 21.4. The number of hydrogen-bond donors (Lipinski definition) is 2. The zero-order valence-corrected chi connectivity index (χ0v) is 18.1.